The van der Waals surface area contributed by atoms with E-state index in [0.717, 1.165) is 42.3 Å². The first-order chi connectivity index (χ1) is 13.3. The summed E-state index contributed by atoms with van der Waals surface area (Å²) in [6.45, 7) is 7.03. The molecule has 1 fully saturated rings. The fourth-order valence-electron chi connectivity index (χ4n) is 3.88. The van der Waals surface area contributed by atoms with Crippen LogP contribution in [0.25, 0.3) is 11.3 Å². The van der Waals surface area contributed by atoms with Gasteiger partial charge >= 0.3 is 0 Å². The van der Waals surface area contributed by atoms with Crippen LogP contribution in [0.15, 0.2) is 24.4 Å². The third-order valence-electron chi connectivity index (χ3n) is 5.27. The van der Waals surface area contributed by atoms with E-state index in [2.05, 4.69) is 33.6 Å². The molecule has 3 heterocycles. The number of fused-ring (bicyclic) bond motifs is 1. The predicted molar refractivity (Wildman–Crippen MR) is 106 cm³/mol. The molecule has 0 saturated carbocycles. The minimum atomic E-state index is 0.699. The average molecular weight is 370 g/mol. The molecule has 1 aromatic carbocycles. The number of hydrogen-bond acceptors (Lipinski definition) is 5. The highest BCUT2D eigenvalue weighted by Gasteiger charge is 2.15. The highest BCUT2D eigenvalue weighted by atomic mass is 16.5. The van der Waals surface area contributed by atoms with Gasteiger partial charge < -0.3 is 19.7 Å². The maximum absolute atomic E-state index is 5.84. The number of nitrogens with zero attached hydrogens (tertiary/aromatic N) is 3. The molecule has 2 aliphatic heterocycles. The lowest BCUT2D eigenvalue weighted by molar-refractivity contribution is 0.297. The number of rotatable bonds is 7. The van der Waals surface area contributed by atoms with Gasteiger partial charge in [0.15, 0.2) is 11.5 Å². The van der Waals surface area contributed by atoms with E-state index in [9.17, 15) is 0 Å². The number of ether oxygens (including phenoxy) is 2. The molecule has 0 atom stereocenters. The van der Waals surface area contributed by atoms with Gasteiger partial charge in [-0.05, 0) is 63.6 Å². The summed E-state index contributed by atoms with van der Waals surface area (Å²) in [6, 6.07) is 6.13. The van der Waals surface area contributed by atoms with Crippen LogP contribution in [-0.4, -0.2) is 54.1 Å². The topological polar surface area (TPSA) is 51.6 Å². The van der Waals surface area contributed by atoms with Crippen LogP contribution in [0.1, 0.15) is 31.2 Å². The van der Waals surface area contributed by atoms with E-state index in [-0.39, 0.29) is 0 Å². The van der Waals surface area contributed by atoms with Crippen molar-refractivity contribution < 1.29 is 9.47 Å². The van der Waals surface area contributed by atoms with E-state index in [1.54, 1.807) is 0 Å². The van der Waals surface area contributed by atoms with Crippen LogP contribution >= 0.6 is 0 Å². The lowest BCUT2D eigenvalue weighted by Crippen LogP contribution is -2.24. The summed E-state index contributed by atoms with van der Waals surface area (Å²) in [7, 11) is 1.98. The van der Waals surface area contributed by atoms with Gasteiger partial charge in [-0.25, -0.2) is 0 Å². The Hall–Kier alpha value is -2.05. The van der Waals surface area contributed by atoms with Crippen molar-refractivity contribution in [2.24, 2.45) is 7.05 Å². The minimum absolute atomic E-state index is 0.699. The van der Waals surface area contributed by atoms with Gasteiger partial charge in [-0.1, -0.05) is 0 Å². The van der Waals surface area contributed by atoms with Crippen LogP contribution in [0.3, 0.4) is 0 Å². The van der Waals surface area contributed by atoms with Crippen molar-refractivity contribution in [1.82, 2.24) is 20.0 Å². The number of hydrogen-bond donors (Lipinski definition) is 1. The quantitative estimate of drug-likeness (QED) is 0.760. The van der Waals surface area contributed by atoms with E-state index in [1.807, 2.05) is 17.8 Å². The van der Waals surface area contributed by atoms with E-state index in [0.29, 0.717) is 13.2 Å². The molecule has 6 nitrogen and oxygen atoms in total. The Morgan fingerprint density at radius 2 is 1.89 bits per heavy atom. The lowest BCUT2D eigenvalue weighted by atomic mass is 10.1. The molecule has 1 aromatic heterocycles. The Kier molecular flexibility index (Phi) is 5.94. The molecule has 0 radical (unpaired) electrons. The first kappa shape index (κ1) is 18.3. The summed E-state index contributed by atoms with van der Waals surface area (Å²) in [6.07, 6.45) is 6.94. The Bertz CT molecular complexity index is 753. The molecule has 1 N–H and O–H groups in total. The van der Waals surface area contributed by atoms with Gasteiger partial charge in [0.1, 0.15) is 0 Å². The molecule has 0 unspecified atom stereocenters. The number of benzene rings is 1. The maximum atomic E-state index is 5.84. The van der Waals surface area contributed by atoms with Crippen LogP contribution in [-0.2, 0) is 13.6 Å². The summed E-state index contributed by atoms with van der Waals surface area (Å²) in [5.41, 5.74) is 3.31. The first-order valence-electron chi connectivity index (χ1n) is 10.2. The SMILES string of the molecule is Cn1cc(CNCCCN2CCCC2)c(-c2ccc3c(c2)OCCCO3)n1. The molecule has 6 heteroatoms. The number of aryl methyl sites for hydroxylation is 1. The van der Waals surface area contributed by atoms with Crippen LogP contribution in [0.4, 0.5) is 0 Å². The van der Waals surface area contributed by atoms with Crippen LogP contribution < -0.4 is 14.8 Å². The van der Waals surface area contributed by atoms with Gasteiger partial charge in [-0.2, -0.15) is 5.10 Å². The molecule has 27 heavy (non-hydrogen) atoms. The van der Waals surface area contributed by atoms with Gasteiger partial charge in [0.2, 0.25) is 0 Å². The van der Waals surface area contributed by atoms with Gasteiger partial charge in [0.25, 0.3) is 0 Å². The van der Waals surface area contributed by atoms with Crippen molar-refractivity contribution >= 4 is 0 Å². The minimum Gasteiger partial charge on any atom is -0.490 e. The second-order valence-electron chi connectivity index (χ2n) is 7.47. The molecule has 1 saturated heterocycles. The van der Waals surface area contributed by atoms with Crippen LogP contribution in [0, 0.1) is 0 Å². The van der Waals surface area contributed by atoms with Crippen LogP contribution in [0.2, 0.25) is 0 Å². The van der Waals surface area contributed by atoms with Crippen molar-refractivity contribution in [2.45, 2.75) is 32.2 Å². The Labute approximate surface area is 161 Å². The number of aromatic nitrogens is 2. The molecule has 4 rings (SSSR count). The third-order valence-corrected chi connectivity index (χ3v) is 5.27. The summed E-state index contributed by atoms with van der Waals surface area (Å²) < 4.78 is 13.5. The Balaban J connectivity index is 1.38. The fraction of sp³-hybridized carbons (Fsp3) is 0.571. The Morgan fingerprint density at radius 3 is 2.74 bits per heavy atom. The standard InChI is InChI=1S/C21H30N4O2/c1-24-16-18(15-22-8-4-11-25-9-2-3-10-25)21(23-24)17-6-7-19-20(14-17)27-13-5-12-26-19/h6-7,14,16,22H,2-5,8-13,15H2,1H3. The summed E-state index contributed by atoms with van der Waals surface area (Å²) in [5.74, 6) is 1.65. The number of likely N-dealkylation sites (tertiary alicyclic amines) is 1. The average Bonchev–Trinajstić information content (AvgIpc) is 3.25. The molecule has 0 aliphatic carbocycles. The molecule has 0 spiro atoms. The lowest BCUT2D eigenvalue weighted by Gasteiger charge is -2.14. The first-order valence-corrected chi connectivity index (χ1v) is 10.2. The molecule has 0 amide bonds. The Morgan fingerprint density at radius 1 is 1.07 bits per heavy atom. The molecule has 146 valence electrons. The van der Waals surface area contributed by atoms with E-state index < -0.39 is 0 Å². The second kappa shape index (κ2) is 8.76. The normalized spacial score (nSPS) is 17.2. The second-order valence-corrected chi connectivity index (χ2v) is 7.47. The third kappa shape index (κ3) is 4.62. The molecular formula is C21H30N4O2. The highest BCUT2D eigenvalue weighted by molar-refractivity contribution is 5.66. The number of nitrogens with one attached hydrogen (secondary N) is 1. The van der Waals surface area contributed by atoms with Crippen molar-refractivity contribution in [2.75, 3.05) is 39.4 Å². The largest absolute Gasteiger partial charge is 0.490 e. The predicted octanol–water partition coefficient (Wildman–Crippen LogP) is 2.82. The maximum Gasteiger partial charge on any atom is 0.161 e. The summed E-state index contributed by atoms with van der Waals surface area (Å²) in [5, 5.41) is 8.27. The summed E-state index contributed by atoms with van der Waals surface area (Å²) in [4.78, 5) is 2.56. The molecular weight excluding hydrogens is 340 g/mol. The molecule has 2 aliphatic rings. The van der Waals surface area contributed by atoms with Crippen molar-refractivity contribution in [3.05, 3.63) is 30.0 Å². The zero-order valence-electron chi connectivity index (χ0n) is 16.2. The van der Waals surface area contributed by atoms with Crippen LogP contribution in [0.5, 0.6) is 11.5 Å². The van der Waals surface area contributed by atoms with Crippen molar-refractivity contribution in [3.63, 3.8) is 0 Å². The van der Waals surface area contributed by atoms with Gasteiger partial charge in [-0.3, -0.25) is 4.68 Å². The highest BCUT2D eigenvalue weighted by Crippen LogP contribution is 2.34. The van der Waals surface area contributed by atoms with Crippen molar-refractivity contribution in [1.29, 1.82) is 0 Å². The smallest absolute Gasteiger partial charge is 0.161 e. The summed E-state index contributed by atoms with van der Waals surface area (Å²) >= 11 is 0. The van der Waals surface area contributed by atoms with E-state index in [1.165, 1.54) is 44.5 Å². The van der Waals surface area contributed by atoms with E-state index in [4.69, 9.17) is 9.47 Å². The fourth-order valence-corrected chi connectivity index (χ4v) is 3.88. The van der Waals surface area contributed by atoms with Gasteiger partial charge in [0, 0.05) is 37.3 Å². The zero-order valence-corrected chi connectivity index (χ0v) is 16.2. The molecule has 0 bridgehead atoms. The monoisotopic (exact) mass is 370 g/mol. The zero-order chi connectivity index (χ0) is 18.5. The van der Waals surface area contributed by atoms with E-state index >= 15 is 0 Å². The molecule has 2 aromatic rings. The van der Waals surface area contributed by atoms with Crippen molar-refractivity contribution in [3.8, 4) is 22.8 Å². The van der Waals surface area contributed by atoms with Gasteiger partial charge in [-0.15, -0.1) is 0 Å². The van der Waals surface area contributed by atoms with Gasteiger partial charge in [0.05, 0.1) is 18.9 Å².